The predicted octanol–water partition coefficient (Wildman–Crippen LogP) is 1.88. The summed E-state index contributed by atoms with van der Waals surface area (Å²) in [5.41, 5.74) is 2.49. The van der Waals surface area contributed by atoms with E-state index in [2.05, 4.69) is 30.4 Å². The van der Waals surface area contributed by atoms with Crippen molar-refractivity contribution in [3.05, 3.63) is 35.4 Å². The molecule has 1 amide bonds. The summed E-state index contributed by atoms with van der Waals surface area (Å²) in [7, 11) is 0. The van der Waals surface area contributed by atoms with Crippen LogP contribution in [0.3, 0.4) is 0 Å². The van der Waals surface area contributed by atoms with E-state index in [9.17, 15) is 4.79 Å². The minimum absolute atomic E-state index is 0.129. The second-order valence-corrected chi connectivity index (χ2v) is 5.36. The van der Waals surface area contributed by atoms with Crippen LogP contribution >= 0.6 is 0 Å². The number of amides is 1. The van der Waals surface area contributed by atoms with Gasteiger partial charge in [-0.1, -0.05) is 24.3 Å². The van der Waals surface area contributed by atoms with Crippen LogP contribution in [0.2, 0.25) is 0 Å². The number of carbonyl (C=O) groups excluding carboxylic acids is 1. The van der Waals surface area contributed by atoms with Gasteiger partial charge in [-0.2, -0.15) is 0 Å². The van der Waals surface area contributed by atoms with E-state index >= 15 is 0 Å². The van der Waals surface area contributed by atoms with E-state index in [0.717, 1.165) is 32.4 Å². The van der Waals surface area contributed by atoms with Crippen molar-refractivity contribution >= 4 is 5.91 Å². The number of hydrogen-bond acceptors (Lipinski definition) is 2. The first-order valence-corrected chi connectivity index (χ1v) is 6.89. The monoisotopic (exact) mass is 244 g/mol. The maximum absolute atomic E-state index is 12.6. The molecule has 2 unspecified atom stereocenters. The molecule has 1 fully saturated rings. The van der Waals surface area contributed by atoms with Crippen molar-refractivity contribution in [3.63, 3.8) is 0 Å². The van der Waals surface area contributed by atoms with Crippen molar-refractivity contribution in [2.75, 3.05) is 13.1 Å². The number of likely N-dealkylation sites (tertiary alicyclic amines) is 1. The molecule has 2 atom stereocenters. The van der Waals surface area contributed by atoms with Gasteiger partial charge in [-0.25, -0.2) is 0 Å². The Hall–Kier alpha value is -1.35. The van der Waals surface area contributed by atoms with E-state index in [4.69, 9.17) is 0 Å². The van der Waals surface area contributed by atoms with Gasteiger partial charge in [-0.15, -0.1) is 0 Å². The highest BCUT2D eigenvalue weighted by Crippen LogP contribution is 2.27. The number of nitrogens with zero attached hydrogens (tertiary/aromatic N) is 1. The molecular formula is C15H20N2O. The third kappa shape index (κ3) is 1.93. The number of nitrogens with one attached hydrogen (secondary N) is 1. The van der Waals surface area contributed by atoms with Crippen molar-refractivity contribution < 1.29 is 4.79 Å². The van der Waals surface area contributed by atoms with Crippen LogP contribution in [0.1, 0.15) is 36.9 Å². The van der Waals surface area contributed by atoms with Crippen LogP contribution in [0.25, 0.3) is 0 Å². The molecule has 0 aromatic heterocycles. The Morgan fingerprint density at radius 3 is 3.00 bits per heavy atom. The van der Waals surface area contributed by atoms with Crippen LogP contribution in [0.15, 0.2) is 24.3 Å². The average molecular weight is 244 g/mol. The van der Waals surface area contributed by atoms with Crippen molar-refractivity contribution in [2.45, 2.75) is 38.3 Å². The lowest BCUT2D eigenvalue weighted by atomic mass is 9.93. The molecule has 0 aliphatic carbocycles. The maximum Gasteiger partial charge on any atom is 0.244 e. The van der Waals surface area contributed by atoms with E-state index < -0.39 is 0 Å². The van der Waals surface area contributed by atoms with Crippen LogP contribution < -0.4 is 5.32 Å². The zero-order valence-corrected chi connectivity index (χ0v) is 10.9. The van der Waals surface area contributed by atoms with Crippen LogP contribution in [0, 0.1) is 0 Å². The van der Waals surface area contributed by atoms with Gasteiger partial charge in [0.25, 0.3) is 0 Å². The number of hydrogen-bond donors (Lipinski definition) is 1. The van der Waals surface area contributed by atoms with E-state index in [1.165, 1.54) is 11.1 Å². The zero-order chi connectivity index (χ0) is 12.5. The molecule has 18 heavy (non-hydrogen) atoms. The second kappa shape index (κ2) is 4.73. The van der Waals surface area contributed by atoms with Gasteiger partial charge in [0.05, 0.1) is 0 Å². The van der Waals surface area contributed by atoms with Gasteiger partial charge in [0, 0.05) is 19.1 Å². The fourth-order valence-electron chi connectivity index (χ4n) is 3.15. The third-order valence-corrected chi connectivity index (χ3v) is 4.19. The lowest BCUT2D eigenvalue weighted by molar-refractivity contribution is -0.134. The number of rotatable bonds is 1. The van der Waals surface area contributed by atoms with Crippen LogP contribution in [-0.2, 0) is 11.2 Å². The largest absolute Gasteiger partial charge is 0.338 e. The molecule has 0 radical (unpaired) electrons. The smallest absolute Gasteiger partial charge is 0.244 e. The minimum Gasteiger partial charge on any atom is -0.338 e. The van der Waals surface area contributed by atoms with Crippen LogP contribution in [0.4, 0.5) is 0 Å². The summed E-state index contributed by atoms with van der Waals surface area (Å²) >= 11 is 0. The molecule has 2 heterocycles. The highest BCUT2D eigenvalue weighted by Gasteiger charge is 2.33. The summed E-state index contributed by atoms with van der Waals surface area (Å²) in [6.07, 6.45) is 3.30. The molecule has 2 aliphatic heterocycles. The van der Waals surface area contributed by atoms with Gasteiger partial charge < -0.3 is 10.2 Å². The number of fused-ring (bicyclic) bond motifs is 1. The lowest BCUT2D eigenvalue weighted by Crippen LogP contribution is -2.44. The first-order chi connectivity index (χ1) is 8.77. The van der Waals surface area contributed by atoms with Crippen LogP contribution in [-0.4, -0.2) is 29.9 Å². The lowest BCUT2D eigenvalue weighted by Gasteiger charge is -2.31. The Morgan fingerprint density at radius 2 is 2.22 bits per heavy atom. The van der Waals surface area contributed by atoms with Crippen molar-refractivity contribution in [1.29, 1.82) is 0 Å². The predicted molar refractivity (Wildman–Crippen MR) is 71.3 cm³/mol. The Labute approximate surface area is 108 Å². The van der Waals surface area contributed by atoms with Crippen molar-refractivity contribution in [2.24, 2.45) is 0 Å². The zero-order valence-electron chi connectivity index (χ0n) is 10.9. The average Bonchev–Trinajstić information content (AvgIpc) is 2.83. The van der Waals surface area contributed by atoms with E-state index in [0.29, 0.717) is 6.04 Å². The molecular weight excluding hydrogens is 224 g/mol. The Morgan fingerprint density at radius 1 is 1.39 bits per heavy atom. The van der Waals surface area contributed by atoms with Gasteiger partial charge in [-0.3, -0.25) is 4.79 Å². The fraction of sp³-hybridized carbons (Fsp3) is 0.533. The van der Waals surface area contributed by atoms with Gasteiger partial charge >= 0.3 is 0 Å². The molecule has 1 aromatic rings. The standard InChI is InChI=1S/C15H20N2O/c1-11-5-4-10-17(11)15(18)14-13-7-3-2-6-12(13)8-9-16-14/h2-3,6-7,11,14,16H,4-5,8-10H2,1H3. The Bertz CT molecular complexity index is 458. The maximum atomic E-state index is 12.6. The molecule has 3 heteroatoms. The van der Waals surface area contributed by atoms with Gasteiger partial charge in [0.2, 0.25) is 5.91 Å². The number of carbonyl (C=O) groups is 1. The Kier molecular flexibility index (Phi) is 3.08. The number of benzene rings is 1. The summed E-state index contributed by atoms with van der Waals surface area (Å²) < 4.78 is 0. The van der Waals surface area contributed by atoms with E-state index in [-0.39, 0.29) is 11.9 Å². The van der Waals surface area contributed by atoms with Gasteiger partial charge in [0.1, 0.15) is 6.04 Å². The topological polar surface area (TPSA) is 32.3 Å². The summed E-state index contributed by atoms with van der Waals surface area (Å²) in [5, 5.41) is 3.38. The molecule has 3 rings (SSSR count). The quantitative estimate of drug-likeness (QED) is 0.818. The molecule has 0 spiro atoms. The molecule has 3 nitrogen and oxygen atoms in total. The first-order valence-electron chi connectivity index (χ1n) is 6.89. The summed E-state index contributed by atoms with van der Waals surface area (Å²) in [6.45, 7) is 3.97. The van der Waals surface area contributed by atoms with Crippen molar-refractivity contribution in [3.8, 4) is 0 Å². The SMILES string of the molecule is CC1CCCN1C(=O)C1NCCc2ccccc21. The van der Waals surface area contributed by atoms with Crippen LogP contribution in [0.5, 0.6) is 0 Å². The van der Waals surface area contributed by atoms with Gasteiger partial charge in [-0.05, 0) is 37.3 Å². The van der Waals surface area contributed by atoms with E-state index in [1.54, 1.807) is 0 Å². The van der Waals surface area contributed by atoms with Crippen molar-refractivity contribution in [1.82, 2.24) is 10.2 Å². The molecule has 1 saturated heterocycles. The summed E-state index contributed by atoms with van der Waals surface area (Å²) in [6, 6.07) is 8.59. The second-order valence-electron chi connectivity index (χ2n) is 5.36. The highest BCUT2D eigenvalue weighted by molar-refractivity contribution is 5.84. The normalized spacial score (nSPS) is 27.1. The summed E-state index contributed by atoms with van der Waals surface area (Å²) in [5.74, 6) is 0.257. The molecule has 1 N–H and O–H groups in total. The molecule has 1 aromatic carbocycles. The molecule has 0 bridgehead atoms. The Balaban J connectivity index is 1.87. The third-order valence-electron chi connectivity index (χ3n) is 4.19. The minimum atomic E-state index is -0.129. The highest BCUT2D eigenvalue weighted by atomic mass is 16.2. The molecule has 0 saturated carbocycles. The summed E-state index contributed by atoms with van der Waals surface area (Å²) in [4.78, 5) is 14.7. The molecule has 2 aliphatic rings. The van der Waals surface area contributed by atoms with Gasteiger partial charge in [0.15, 0.2) is 0 Å². The first kappa shape index (κ1) is 11.7. The fourth-order valence-corrected chi connectivity index (χ4v) is 3.15. The van der Waals surface area contributed by atoms with E-state index in [1.807, 2.05) is 11.0 Å². The molecule has 96 valence electrons.